The highest BCUT2D eigenvalue weighted by Gasteiger charge is 2.10. The summed E-state index contributed by atoms with van der Waals surface area (Å²) < 4.78 is 1.85. The Labute approximate surface area is 96.0 Å². The Hall–Kier alpha value is -1.36. The highest BCUT2D eigenvalue weighted by molar-refractivity contribution is 5.81. The summed E-state index contributed by atoms with van der Waals surface area (Å²) in [7, 11) is 0. The first-order chi connectivity index (χ1) is 7.74. The van der Waals surface area contributed by atoms with Gasteiger partial charge in [0.2, 0.25) is 5.91 Å². The van der Waals surface area contributed by atoms with Crippen molar-refractivity contribution >= 4 is 5.91 Å². The van der Waals surface area contributed by atoms with Crippen LogP contribution in [0.15, 0.2) is 18.5 Å². The van der Waals surface area contributed by atoms with Crippen LogP contribution < -0.4 is 11.1 Å². The zero-order valence-corrected chi connectivity index (χ0v) is 9.72. The van der Waals surface area contributed by atoms with E-state index >= 15 is 0 Å². The molecule has 3 N–H and O–H groups in total. The summed E-state index contributed by atoms with van der Waals surface area (Å²) in [6, 6.07) is 1.52. The smallest absolute Gasteiger partial charge is 0.236 e. The first-order valence-corrected chi connectivity index (χ1v) is 5.74. The van der Waals surface area contributed by atoms with Crippen LogP contribution in [0.3, 0.4) is 0 Å². The van der Waals surface area contributed by atoms with Crippen LogP contribution in [0.5, 0.6) is 0 Å². The number of nitrogens with one attached hydrogen (secondary N) is 1. The van der Waals surface area contributed by atoms with Crippen LogP contribution >= 0.6 is 0 Å². The summed E-state index contributed by atoms with van der Waals surface area (Å²) in [6.45, 7) is 3.48. The van der Waals surface area contributed by atoms with Crippen LogP contribution in [0.25, 0.3) is 0 Å². The van der Waals surface area contributed by atoms with E-state index in [0.29, 0.717) is 6.54 Å². The normalized spacial score (nSPS) is 12.4. The van der Waals surface area contributed by atoms with Gasteiger partial charge in [0.05, 0.1) is 6.04 Å². The third kappa shape index (κ3) is 4.44. The fourth-order valence-electron chi connectivity index (χ4n) is 1.46. The lowest BCUT2D eigenvalue weighted by Gasteiger charge is -2.10. The average Bonchev–Trinajstić information content (AvgIpc) is 2.77. The summed E-state index contributed by atoms with van der Waals surface area (Å²) in [6.07, 6.45) is 6.19. The van der Waals surface area contributed by atoms with Crippen LogP contribution in [0.1, 0.15) is 26.2 Å². The van der Waals surface area contributed by atoms with Gasteiger partial charge in [-0.25, -0.2) is 0 Å². The average molecular weight is 224 g/mol. The Morgan fingerprint density at radius 2 is 2.44 bits per heavy atom. The van der Waals surface area contributed by atoms with E-state index in [1.165, 1.54) is 0 Å². The van der Waals surface area contributed by atoms with Crippen molar-refractivity contribution in [2.75, 3.05) is 6.54 Å². The van der Waals surface area contributed by atoms with E-state index < -0.39 is 0 Å². The van der Waals surface area contributed by atoms with Gasteiger partial charge in [0.15, 0.2) is 0 Å². The molecule has 1 heterocycles. The van der Waals surface area contributed by atoms with Gasteiger partial charge in [-0.05, 0) is 18.9 Å². The zero-order chi connectivity index (χ0) is 11.8. The van der Waals surface area contributed by atoms with Crippen molar-refractivity contribution in [3.63, 3.8) is 0 Å². The number of aryl methyl sites for hydroxylation is 1. The van der Waals surface area contributed by atoms with Gasteiger partial charge in [-0.3, -0.25) is 9.48 Å². The third-order valence-corrected chi connectivity index (χ3v) is 2.36. The molecular weight excluding hydrogens is 204 g/mol. The molecule has 0 aliphatic rings. The predicted octanol–water partition coefficient (Wildman–Crippen LogP) is 0.517. The van der Waals surface area contributed by atoms with E-state index in [2.05, 4.69) is 10.4 Å². The van der Waals surface area contributed by atoms with Crippen LogP contribution in [-0.4, -0.2) is 28.3 Å². The third-order valence-electron chi connectivity index (χ3n) is 2.36. The second-order valence-corrected chi connectivity index (χ2v) is 3.81. The number of rotatable bonds is 7. The van der Waals surface area contributed by atoms with E-state index in [4.69, 9.17) is 5.73 Å². The molecule has 1 aromatic heterocycles. The fourth-order valence-corrected chi connectivity index (χ4v) is 1.46. The molecule has 0 bridgehead atoms. The molecule has 0 saturated heterocycles. The Morgan fingerprint density at radius 3 is 3.06 bits per heavy atom. The second-order valence-electron chi connectivity index (χ2n) is 3.81. The summed E-state index contributed by atoms with van der Waals surface area (Å²) >= 11 is 0. The lowest BCUT2D eigenvalue weighted by molar-refractivity contribution is -0.122. The van der Waals surface area contributed by atoms with Crippen LogP contribution in [0.2, 0.25) is 0 Å². The van der Waals surface area contributed by atoms with Crippen molar-refractivity contribution < 1.29 is 4.79 Å². The lowest BCUT2D eigenvalue weighted by atomic mass is 10.2. The van der Waals surface area contributed by atoms with Gasteiger partial charge in [-0.2, -0.15) is 5.10 Å². The van der Waals surface area contributed by atoms with Gasteiger partial charge < -0.3 is 11.1 Å². The molecule has 90 valence electrons. The molecule has 1 aromatic rings. The van der Waals surface area contributed by atoms with E-state index in [1.807, 2.05) is 23.9 Å². The minimum Gasteiger partial charge on any atom is -0.355 e. The Kier molecular flexibility index (Phi) is 5.56. The van der Waals surface area contributed by atoms with Crippen molar-refractivity contribution in [3.05, 3.63) is 18.5 Å². The molecule has 0 fully saturated rings. The SMILES string of the molecule is CCC[C@@H](N)C(=O)NCCCn1cccn1. The first kappa shape index (κ1) is 12.7. The quantitative estimate of drug-likeness (QED) is 0.663. The summed E-state index contributed by atoms with van der Waals surface area (Å²) in [5.74, 6) is -0.0534. The maximum Gasteiger partial charge on any atom is 0.236 e. The zero-order valence-electron chi connectivity index (χ0n) is 9.72. The molecule has 0 aliphatic heterocycles. The van der Waals surface area contributed by atoms with Gasteiger partial charge in [-0.1, -0.05) is 13.3 Å². The molecule has 0 aliphatic carbocycles. The number of nitrogens with two attached hydrogens (primary N) is 1. The maximum atomic E-state index is 11.4. The van der Waals surface area contributed by atoms with Crippen molar-refractivity contribution in [3.8, 4) is 0 Å². The van der Waals surface area contributed by atoms with E-state index in [-0.39, 0.29) is 11.9 Å². The fraction of sp³-hybridized carbons (Fsp3) is 0.636. The summed E-state index contributed by atoms with van der Waals surface area (Å²) in [4.78, 5) is 11.4. The number of hydrogen-bond donors (Lipinski definition) is 2. The molecule has 1 atom stereocenters. The summed E-state index contributed by atoms with van der Waals surface area (Å²) in [5.41, 5.74) is 5.67. The van der Waals surface area contributed by atoms with Crippen molar-refractivity contribution in [2.24, 2.45) is 5.73 Å². The lowest BCUT2D eigenvalue weighted by Crippen LogP contribution is -2.40. The number of carbonyl (C=O) groups is 1. The van der Waals surface area contributed by atoms with Crippen molar-refractivity contribution in [1.29, 1.82) is 0 Å². The predicted molar refractivity (Wildman–Crippen MR) is 62.7 cm³/mol. The molecule has 1 amide bonds. The van der Waals surface area contributed by atoms with Gasteiger partial charge in [0, 0.05) is 25.5 Å². The van der Waals surface area contributed by atoms with Gasteiger partial charge in [0.25, 0.3) is 0 Å². The number of hydrogen-bond acceptors (Lipinski definition) is 3. The molecule has 0 saturated carbocycles. The minimum absolute atomic E-state index is 0.0534. The number of carbonyl (C=O) groups excluding carboxylic acids is 1. The number of amides is 1. The number of aromatic nitrogens is 2. The highest BCUT2D eigenvalue weighted by Crippen LogP contribution is 1.93. The van der Waals surface area contributed by atoms with Crippen LogP contribution in [-0.2, 0) is 11.3 Å². The molecule has 5 heteroatoms. The van der Waals surface area contributed by atoms with E-state index in [1.54, 1.807) is 6.20 Å². The molecular formula is C11H20N4O. The largest absolute Gasteiger partial charge is 0.355 e. The molecule has 0 spiro atoms. The van der Waals surface area contributed by atoms with Gasteiger partial charge >= 0.3 is 0 Å². The molecule has 0 radical (unpaired) electrons. The van der Waals surface area contributed by atoms with Crippen LogP contribution in [0, 0.1) is 0 Å². The molecule has 0 unspecified atom stereocenters. The standard InChI is InChI=1S/C11H20N4O/c1-2-5-10(12)11(16)13-6-3-8-15-9-4-7-14-15/h4,7,9-10H,2-3,5-6,8,12H2,1H3,(H,13,16)/t10-/m1/s1. The first-order valence-electron chi connectivity index (χ1n) is 5.74. The minimum atomic E-state index is -0.366. The Morgan fingerprint density at radius 1 is 1.62 bits per heavy atom. The van der Waals surface area contributed by atoms with Gasteiger partial charge in [0.1, 0.15) is 0 Å². The second kappa shape index (κ2) is 7.00. The number of nitrogens with zero attached hydrogens (tertiary/aromatic N) is 2. The monoisotopic (exact) mass is 224 g/mol. The molecule has 0 aromatic carbocycles. The van der Waals surface area contributed by atoms with Crippen molar-refractivity contribution in [2.45, 2.75) is 38.8 Å². The Bertz CT molecular complexity index is 297. The van der Waals surface area contributed by atoms with E-state index in [9.17, 15) is 4.79 Å². The topological polar surface area (TPSA) is 72.9 Å². The Balaban J connectivity index is 2.08. The molecule has 5 nitrogen and oxygen atoms in total. The maximum absolute atomic E-state index is 11.4. The van der Waals surface area contributed by atoms with Gasteiger partial charge in [-0.15, -0.1) is 0 Å². The van der Waals surface area contributed by atoms with Crippen LogP contribution in [0.4, 0.5) is 0 Å². The van der Waals surface area contributed by atoms with Crippen molar-refractivity contribution in [1.82, 2.24) is 15.1 Å². The highest BCUT2D eigenvalue weighted by atomic mass is 16.2. The summed E-state index contributed by atoms with van der Waals surface area (Å²) in [5, 5.41) is 6.90. The van der Waals surface area contributed by atoms with E-state index in [0.717, 1.165) is 25.8 Å². The molecule has 16 heavy (non-hydrogen) atoms. The molecule has 1 rings (SSSR count).